The number of carbonyl (C=O) groups is 1. The molecule has 1 amide bonds. The monoisotopic (exact) mass is 335 g/mol. The molecule has 0 bridgehead atoms. The first-order chi connectivity index (χ1) is 11.0. The first-order valence-corrected chi connectivity index (χ1v) is 7.19. The summed E-state index contributed by atoms with van der Waals surface area (Å²) >= 11 is 0.898. The van der Waals surface area contributed by atoms with Gasteiger partial charge in [0, 0.05) is 24.5 Å². The zero-order chi connectivity index (χ0) is 16.4. The fourth-order valence-corrected chi connectivity index (χ4v) is 2.60. The number of nitrogens with zero attached hydrogens (tertiary/aromatic N) is 2. The fraction of sp³-hybridized carbons (Fsp3) is 0. The first kappa shape index (κ1) is 15.3. The second-order valence-corrected chi connectivity index (χ2v) is 5.50. The zero-order valence-corrected chi connectivity index (χ0v) is 12.2. The number of halogens is 3. The fourth-order valence-electron chi connectivity index (χ4n) is 1.86. The lowest BCUT2D eigenvalue weighted by atomic mass is 10.2. The van der Waals surface area contributed by atoms with Gasteiger partial charge in [-0.3, -0.25) is 9.78 Å². The van der Waals surface area contributed by atoms with Crippen LogP contribution in [0.25, 0.3) is 6.08 Å². The number of aromatic nitrogens is 1. The Hall–Kier alpha value is -2.61. The largest absolute Gasteiger partial charge is 0.300 e. The summed E-state index contributed by atoms with van der Waals surface area (Å²) in [5, 5.41) is 2.11. The number of aliphatic imine (C=N–C) groups is 1. The van der Waals surface area contributed by atoms with Crippen molar-refractivity contribution in [2.75, 3.05) is 0 Å². The van der Waals surface area contributed by atoms with Crippen molar-refractivity contribution in [3.8, 4) is 0 Å². The summed E-state index contributed by atoms with van der Waals surface area (Å²) in [6.45, 7) is 0. The third-order valence-corrected chi connectivity index (χ3v) is 3.69. The van der Waals surface area contributed by atoms with Gasteiger partial charge in [0.05, 0.1) is 10.6 Å². The number of nitrogens with one attached hydrogen (secondary N) is 1. The van der Waals surface area contributed by atoms with Crippen LogP contribution in [0.2, 0.25) is 0 Å². The Kier molecular flexibility index (Phi) is 4.16. The molecule has 2 heterocycles. The van der Waals surface area contributed by atoms with E-state index >= 15 is 0 Å². The topological polar surface area (TPSA) is 54.4 Å². The SMILES string of the molecule is O=C1NC(=Nc2cc(F)c(F)c(F)c2)/C(=C/c2ccncc2)S1. The number of hydrogen-bond donors (Lipinski definition) is 1. The number of amides is 1. The third kappa shape index (κ3) is 3.42. The van der Waals surface area contributed by atoms with Crippen molar-refractivity contribution in [3.05, 3.63) is 64.6 Å². The van der Waals surface area contributed by atoms with E-state index in [0.717, 1.165) is 29.5 Å². The maximum atomic E-state index is 13.2. The normalized spacial score (nSPS) is 17.8. The summed E-state index contributed by atoms with van der Waals surface area (Å²) in [5.41, 5.74) is 0.642. The summed E-state index contributed by atoms with van der Waals surface area (Å²) in [7, 11) is 0. The average molecular weight is 335 g/mol. The molecule has 0 saturated carbocycles. The number of hydrogen-bond acceptors (Lipinski definition) is 4. The molecule has 1 saturated heterocycles. The predicted molar refractivity (Wildman–Crippen MR) is 81.7 cm³/mol. The van der Waals surface area contributed by atoms with E-state index in [0.29, 0.717) is 4.91 Å². The Morgan fingerprint density at radius 1 is 1.13 bits per heavy atom. The third-order valence-electron chi connectivity index (χ3n) is 2.87. The minimum absolute atomic E-state index is 0.139. The van der Waals surface area contributed by atoms with Gasteiger partial charge in [-0.25, -0.2) is 18.2 Å². The highest BCUT2D eigenvalue weighted by atomic mass is 32.2. The van der Waals surface area contributed by atoms with Crippen molar-refractivity contribution in [1.82, 2.24) is 10.3 Å². The molecule has 0 radical (unpaired) electrons. The van der Waals surface area contributed by atoms with Gasteiger partial charge in [-0.2, -0.15) is 0 Å². The summed E-state index contributed by atoms with van der Waals surface area (Å²) in [6.07, 6.45) is 4.85. The molecule has 1 aliphatic heterocycles. The average Bonchev–Trinajstić information content (AvgIpc) is 2.85. The van der Waals surface area contributed by atoms with E-state index in [-0.39, 0.29) is 16.8 Å². The maximum absolute atomic E-state index is 13.2. The van der Waals surface area contributed by atoms with Crippen molar-refractivity contribution < 1.29 is 18.0 Å². The molecule has 1 aromatic heterocycles. The van der Waals surface area contributed by atoms with Gasteiger partial charge in [0.2, 0.25) is 0 Å². The molecular weight excluding hydrogens is 327 g/mol. The van der Waals surface area contributed by atoms with Gasteiger partial charge >= 0.3 is 0 Å². The molecule has 0 unspecified atom stereocenters. The molecule has 0 spiro atoms. The second-order valence-electron chi connectivity index (χ2n) is 4.49. The predicted octanol–water partition coefficient (Wildman–Crippen LogP) is 4.03. The van der Waals surface area contributed by atoms with Crippen LogP contribution in [0.4, 0.5) is 23.7 Å². The number of amidine groups is 1. The van der Waals surface area contributed by atoms with Crippen LogP contribution in [0.3, 0.4) is 0 Å². The first-order valence-electron chi connectivity index (χ1n) is 6.37. The second kappa shape index (κ2) is 6.25. The van der Waals surface area contributed by atoms with Gasteiger partial charge < -0.3 is 5.32 Å². The van der Waals surface area contributed by atoms with Crippen LogP contribution in [-0.4, -0.2) is 16.1 Å². The smallest absolute Gasteiger partial charge is 0.289 e. The minimum Gasteiger partial charge on any atom is -0.300 e. The van der Waals surface area contributed by atoms with Crippen LogP contribution in [0.5, 0.6) is 0 Å². The molecule has 0 atom stereocenters. The van der Waals surface area contributed by atoms with Gasteiger partial charge in [-0.05, 0) is 35.5 Å². The standard InChI is InChI=1S/C15H8F3N3OS/c16-10-6-9(7-11(17)13(10)18)20-14-12(23-15(22)21-14)5-8-1-3-19-4-2-8/h1-7H,(H,20,21,22)/b12-5-. The van der Waals surface area contributed by atoms with E-state index in [1.54, 1.807) is 30.6 Å². The lowest BCUT2D eigenvalue weighted by Crippen LogP contribution is -2.18. The number of benzene rings is 1. The highest BCUT2D eigenvalue weighted by Crippen LogP contribution is 2.29. The molecule has 8 heteroatoms. The van der Waals surface area contributed by atoms with Crippen molar-refractivity contribution in [1.29, 1.82) is 0 Å². The lowest BCUT2D eigenvalue weighted by Gasteiger charge is -2.01. The van der Waals surface area contributed by atoms with E-state index in [1.807, 2.05) is 0 Å². The van der Waals surface area contributed by atoms with Gasteiger partial charge in [0.25, 0.3) is 5.24 Å². The summed E-state index contributed by atoms with van der Waals surface area (Å²) < 4.78 is 39.4. The quantitative estimate of drug-likeness (QED) is 0.843. The molecule has 1 fully saturated rings. The molecule has 1 aliphatic rings. The van der Waals surface area contributed by atoms with Crippen molar-refractivity contribution in [3.63, 3.8) is 0 Å². The summed E-state index contributed by atoms with van der Waals surface area (Å²) in [5.74, 6) is -4.12. The molecule has 2 aromatic rings. The van der Waals surface area contributed by atoms with Crippen molar-refractivity contribution >= 4 is 34.6 Å². The Bertz CT molecular complexity index is 814. The van der Waals surface area contributed by atoms with Gasteiger partial charge in [0.1, 0.15) is 5.84 Å². The Morgan fingerprint density at radius 2 is 1.78 bits per heavy atom. The summed E-state index contributed by atoms with van der Waals surface area (Å²) in [6, 6.07) is 4.96. The molecular formula is C15H8F3N3OS. The lowest BCUT2D eigenvalue weighted by molar-refractivity contribution is 0.265. The summed E-state index contributed by atoms with van der Waals surface area (Å²) in [4.78, 5) is 19.9. The number of carbonyl (C=O) groups excluding carboxylic acids is 1. The molecule has 1 aromatic carbocycles. The van der Waals surface area contributed by atoms with Gasteiger partial charge in [-0.1, -0.05) is 0 Å². The zero-order valence-electron chi connectivity index (χ0n) is 11.4. The van der Waals surface area contributed by atoms with E-state index in [2.05, 4.69) is 15.3 Å². The van der Waals surface area contributed by atoms with Crippen LogP contribution in [0, 0.1) is 17.5 Å². The Labute approximate surface area is 133 Å². The van der Waals surface area contributed by atoms with Crippen molar-refractivity contribution in [2.45, 2.75) is 0 Å². The van der Waals surface area contributed by atoms with Gasteiger partial charge in [-0.15, -0.1) is 0 Å². The van der Waals surface area contributed by atoms with E-state index in [1.165, 1.54) is 0 Å². The molecule has 116 valence electrons. The molecule has 4 nitrogen and oxygen atoms in total. The van der Waals surface area contributed by atoms with Gasteiger partial charge in [0.15, 0.2) is 17.5 Å². The molecule has 3 rings (SSSR count). The van der Waals surface area contributed by atoms with Crippen LogP contribution in [-0.2, 0) is 0 Å². The van der Waals surface area contributed by atoms with Crippen LogP contribution in [0.1, 0.15) is 5.56 Å². The van der Waals surface area contributed by atoms with E-state index in [4.69, 9.17) is 0 Å². The minimum atomic E-state index is -1.56. The Morgan fingerprint density at radius 3 is 2.43 bits per heavy atom. The van der Waals surface area contributed by atoms with E-state index in [9.17, 15) is 18.0 Å². The molecule has 1 N–H and O–H groups in total. The maximum Gasteiger partial charge on any atom is 0.289 e. The Balaban J connectivity index is 2.00. The van der Waals surface area contributed by atoms with Crippen LogP contribution < -0.4 is 5.32 Å². The van der Waals surface area contributed by atoms with Crippen LogP contribution in [0.15, 0.2) is 46.6 Å². The molecule has 0 aliphatic carbocycles. The van der Waals surface area contributed by atoms with Crippen molar-refractivity contribution in [2.24, 2.45) is 4.99 Å². The molecule has 23 heavy (non-hydrogen) atoms. The van der Waals surface area contributed by atoms with Crippen LogP contribution >= 0.6 is 11.8 Å². The number of thioether (sulfide) groups is 1. The van der Waals surface area contributed by atoms with E-state index < -0.39 is 17.5 Å². The highest BCUT2D eigenvalue weighted by molar-refractivity contribution is 8.18. The highest BCUT2D eigenvalue weighted by Gasteiger charge is 2.24. The number of pyridine rings is 1. The number of rotatable bonds is 2.